The van der Waals surface area contributed by atoms with Gasteiger partial charge >= 0.3 is 0 Å². The van der Waals surface area contributed by atoms with E-state index in [-0.39, 0.29) is 5.91 Å². The zero-order valence-electron chi connectivity index (χ0n) is 7.26. The summed E-state index contributed by atoms with van der Waals surface area (Å²) < 4.78 is 0. The van der Waals surface area contributed by atoms with Crippen LogP contribution >= 0.6 is 0 Å². The van der Waals surface area contributed by atoms with Gasteiger partial charge in [-0.15, -0.1) is 0 Å². The largest absolute Gasteiger partial charge is 0.274 e. The van der Waals surface area contributed by atoms with Crippen molar-refractivity contribution in [1.29, 1.82) is 0 Å². The van der Waals surface area contributed by atoms with Crippen molar-refractivity contribution in [3.8, 4) is 0 Å². The maximum atomic E-state index is 10.3. The van der Waals surface area contributed by atoms with Crippen LogP contribution in [0.25, 0.3) is 0 Å². The van der Waals surface area contributed by atoms with Crippen LogP contribution in [-0.2, 0) is 4.79 Å². The second-order valence-corrected chi connectivity index (χ2v) is 2.48. The topological polar surface area (TPSA) is 41.5 Å². The van der Waals surface area contributed by atoms with Gasteiger partial charge in [-0.05, 0) is 12.8 Å². The van der Waals surface area contributed by atoms with Gasteiger partial charge in [-0.25, -0.2) is 5.43 Å². The number of hydrazone groups is 1. The molecule has 1 N–H and O–H groups in total. The molecule has 64 valence electrons. The lowest BCUT2D eigenvalue weighted by Gasteiger charge is -1.92. The summed E-state index contributed by atoms with van der Waals surface area (Å²) in [6.07, 6.45) is 6.30. The Hall–Kier alpha value is -0.860. The maximum Gasteiger partial charge on any atom is 0.236 e. The second kappa shape index (κ2) is 7.25. The highest BCUT2D eigenvalue weighted by atomic mass is 16.2. The van der Waals surface area contributed by atoms with E-state index >= 15 is 0 Å². The summed E-state index contributed by atoms with van der Waals surface area (Å²) in [4.78, 5) is 10.3. The van der Waals surface area contributed by atoms with Gasteiger partial charge < -0.3 is 0 Å². The Morgan fingerprint density at radius 2 is 2.27 bits per heavy atom. The van der Waals surface area contributed by atoms with Crippen LogP contribution in [0.3, 0.4) is 0 Å². The number of amides is 1. The summed E-state index contributed by atoms with van der Waals surface area (Å²) in [6, 6.07) is 0. The third-order valence-electron chi connectivity index (χ3n) is 1.25. The standard InChI is InChI=1S/C8H16N2O/c1-3-4-5-6-7-9-10-8(2)11/h7H,3-6H2,1-2H3,(H,10,11). The molecule has 0 aliphatic rings. The molecule has 0 aromatic rings. The van der Waals surface area contributed by atoms with Gasteiger partial charge in [0.05, 0.1) is 0 Å². The van der Waals surface area contributed by atoms with Crippen LogP contribution in [0.15, 0.2) is 5.10 Å². The zero-order chi connectivity index (χ0) is 8.53. The number of carbonyl (C=O) groups excluding carboxylic acids is 1. The molecule has 0 aliphatic heterocycles. The molecule has 0 rings (SSSR count). The molecule has 0 unspecified atom stereocenters. The van der Waals surface area contributed by atoms with Crippen molar-refractivity contribution in [3.05, 3.63) is 0 Å². The van der Waals surface area contributed by atoms with Crippen LogP contribution < -0.4 is 5.43 Å². The highest BCUT2D eigenvalue weighted by Gasteiger charge is 1.84. The van der Waals surface area contributed by atoms with E-state index in [1.54, 1.807) is 6.21 Å². The minimum Gasteiger partial charge on any atom is -0.274 e. The van der Waals surface area contributed by atoms with Gasteiger partial charge in [-0.3, -0.25) is 4.79 Å². The molecule has 0 bridgehead atoms. The Morgan fingerprint density at radius 1 is 1.55 bits per heavy atom. The van der Waals surface area contributed by atoms with Crippen LogP contribution in [0.1, 0.15) is 39.5 Å². The Balaban J connectivity index is 3.10. The second-order valence-electron chi connectivity index (χ2n) is 2.48. The first-order valence-corrected chi connectivity index (χ1v) is 4.05. The average Bonchev–Trinajstić information content (AvgIpc) is 1.96. The molecule has 0 spiro atoms. The highest BCUT2D eigenvalue weighted by Crippen LogP contribution is 1.95. The fraction of sp³-hybridized carbons (Fsp3) is 0.750. The molecule has 0 radical (unpaired) electrons. The number of hydrogen-bond acceptors (Lipinski definition) is 2. The van der Waals surface area contributed by atoms with E-state index < -0.39 is 0 Å². The van der Waals surface area contributed by atoms with Crippen molar-refractivity contribution in [3.63, 3.8) is 0 Å². The first-order valence-electron chi connectivity index (χ1n) is 4.05. The molecule has 0 atom stereocenters. The van der Waals surface area contributed by atoms with Gasteiger partial charge in [0.15, 0.2) is 0 Å². The monoisotopic (exact) mass is 156 g/mol. The first kappa shape index (κ1) is 10.1. The normalized spacial score (nSPS) is 10.4. The van der Waals surface area contributed by atoms with E-state index in [0.29, 0.717) is 0 Å². The molecule has 11 heavy (non-hydrogen) atoms. The number of nitrogens with one attached hydrogen (secondary N) is 1. The molecule has 1 amide bonds. The molecule has 3 nitrogen and oxygen atoms in total. The molecule has 0 fully saturated rings. The van der Waals surface area contributed by atoms with Gasteiger partial charge in [-0.2, -0.15) is 5.10 Å². The molecule has 0 aliphatic carbocycles. The summed E-state index contributed by atoms with van der Waals surface area (Å²) in [5.41, 5.74) is 2.35. The number of carbonyl (C=O) groups is 1. The number of rotatable bonds is 5. The molecule has 0 heterocycles. The van der Waals surface area contributed by atoms with Crippen LogP contribution in [0.4, 0.5) is 0 Å². The summed E-state index contributed by atoms with van der Waals surface area (Å²) in [7, 11) is 0. The Labute approximate surface area is 67.9 Å². The Morgan fingerprint density at radius 3 is 2.82 bits per heavy atom. The fourth-order valence-corrected chi connectivity index (χ4v) is 0.687. The van der Waals surface area contributed by atoms with E-state index in [0.717, 1.165) is 12.8 Å². The summed E-state index contributed by atoms with van der Waals surface area (Å²) in [6.45, 7) is 3.61. The Kier molecular flexibility index (Phi) is 6.68. The molecular formula is C8H16N2O. The lowest BCUT2D eigenvalue weighted by Crippen LogP contribution is -2.11. The van der Waals surface area contributed by atoms with Gasteiger partial charge in [-0.1, -0.05) is 19.8 Å². The lowest BCUT2D eigenvalue weighted by atomic mass is 10.2. The van der Waals surface area contributed by atoms with Crippen molar-refractivity contribution in [2.75, 3.05) is 0 Å². The van der Waals surface area contributed by atoms with Crippen molar-refractivity contribution in [2.24, 2.45) is 5.10 Å². The van der Waals surface area contributed by atoms with Crippen molar-refractivity contribution < 1.29 is 4.79 Å². The Bertz CT molecular complexity index is 132. The molecule has 3 heteroatoms. The number of unbranched alkanes of at least 4 members (excludes halogenated alkanes) is 3. The quantitative estimate of drug-likeness (QED) is 0.367. The summed E-state index contributed by atoms with van der Waals surface area (Å²) in [5, 5.41) is 3.72. The number of hydrogen-bond donors (Lipinski definition) is 1. The minimum absolute atomic E-state index is 0.114. The predicted octanol–water partition coefficient (Wildman–Crippen LogP) is 1.69. The smallest absolute Gasteiger partial charge is 0.236 e. The zero-order valence-corrected chi connectivity index (χ0v) is 7.26. The third kappa shape index (κ3) is 9.14. The minimum atomic E-state index is -0.114. The van der Waals surface area contributed by atoms with Crippen molar-refractivity contribution in [2.45, 2.75) is 39.5 Å². The fourth-order valence-electron chi connectivity index (χ4n) is 0.687. The third-order valence-corrected chi connectivity index (χ3v) is 1.25. The van der Waals surface area contributed by atoms with Gasteiger partial charge in [0.2, 0.25) is 5.91 Å². The van der Waals surface area contributed by atoms with E-state index in [1.807, 2.05) is 0 Å². The first-order chi connectivity index (χ1) is 5.27. The molecule has 0 saturated heterocycles. The maximum absolute atomic E-state index is 10.3. The van der Waals surface area contributed by atoms with E-state index in [9.17, 15) is 4.79 Å². The van der Waals surface area contributed by atoms with Crippen LogP contribution in [0.5, 0.6) is 0 Å². The van der Waals surface area contributed by atoms with Gasteiger partial charge in [0.25, 0.3) is 0 Å². The van der Waals surface area contributed by atoms with Crippen molar-refractivity contribution in [1.82, 2.24) is 5.43 Å². The average molecular weight is 156 g/mol. The van der Waals surface area contributed by atoms with Crippen LogP contribution in [-0.4, -0.2) is 12.1 Å². The highest BCUT2D eigenvalue weighted by molar-refractivity contribution is 5.73. The van der Waals surface area contributed by atoms with Gasteiger partial charge in [0, 0.05) is 13.1 Å². The molecule has 0 aromatic heterocycles. The lowest BCUT2D eigenvalue weighted by molar-refractivity contribution is -0.118. The van der Waals surface area contributed by atoms with E-state index in [1.165, 1.54) is 19.8 Å². The molecular weight excluding hydrogens is 140 g/mol. The summed E-state index contributed by atoms with van der Waals surface area (Å²) >= 11 is 0. The van der Waals surface area contributed by atoms with Crippen molar-refractivity contribution >= 4 is 12.1 Å². The number of nitrogens with zero attached hydrogens (tertiary/aromatic N) is 1. The molecule has 0 aromatic carbocycles. The SMILES string of the molecule is CCCCCC=NNC(C)=O. The van der Waals surface area contributed by atoms with E-state index in [2.05, 4.69) is 17.5 Å². The molecule has 0 saturated carbocycles. The van der Waals surface area contributed by atoms with Crippen LogP contribution in [0, 0.1) is 0 Å². The van der Waals surface area contributed by atoms with E-state index in [4.69, 9.17) is 0 Å². The van der Waals surface area contributed by atoms with Gasteiger partial charge in [0.1, 0.15) is 0 Å². The van der Waals surface area contributed by atoms with Crippen LogP contribution in [0.2, 0.25) is 0 Å². The summed E-state index contributed by atoms with van der Waals surface area (Å²) in [5.74, 6) is -0.114. The predicted molar refractivity (Wildman–Crippen MR) is 46.5 cm³/mol.